The fourth-order valence-electron chi connectivity index (χ4n) is 2.12. The maximum atomic E-state index is 9.41. The zero-order valence-electron chi connectivity index (χ0n) is 9.60. The summed E-state index contributed by atoms with van der Waals surface area (Å²) in [5.41, 5.74) is 7.12. The van der Waals surface area contributed by atoms with Gasteiger partial charge in [-0.1, -0.05) is 19.4 Å². The van der Waals surface area contributed by atoms with E-state index in [2.05, 4.69) is 13.0 Å². The molecule has 17 heavy (non-hydrogen) atoms. The first-order valence-corrected chi connectivity index (χ1v) is 5.57. The SMILES string of the molecule is CCCC1C(C#N)=C(N)Oc2cc(O)ccc21. The Kier molecular flexibility index (Phi) is 2.92. The Labute approximate surface area is 99.9 Å². The second kappa shape index (κ2) is 4.38. The molecule has 0 radical (unpaired) electrons. The molecule has 1 aromatic rings. The summed E-state index contributed by atoms with van der Waals surface area (Å²) in [7, 11) is 0. The minimum atomic E-state index is -0.0330. The molecule has 0 aromatic heterocycles. The molecule has 1 unspecified atom stereocenters. The molecule has 3 N–H and O–H groups in total. The number of phenols is 1. The van der Waals surface area contributed by atoms with Crippen LogP contribution >= 0.6 is 0 Å². The van der Waals surface area contributed by atoms with Crippen LogP contribution in [0.5, 0.6) is 11.5 Å². The van der Waals surface area contributed by atoms with Crippen LogP contribution < -0.4 is 10.5 Å². The summed E-state index contributed by atoms with van der Waals surface area (Å²) in [6.45, 7) is 2.06. The van der Waals surface area contributed by atoms with Gasteiger partial charge in [0.05, 0.1) is 5.57 Å². The highest BCUT2D eigenvalue weighted by Crippen LogP contribution is 2.41. The monoisotopic (exact) mass is 230 g/mol. The van der Waals surface area contributed by atoms with E-state index in [-0.39, 0.29) is 17.6 Å². The Balaban J connectivity index is 2.52. The molecular weight excluding hydrogens is 216 g/mol. The van der Waals surface area contributed by atoms with Crippen molar-refractivity contribution < 1.29 is 9.84 Å². The van der Waals surface area contributed by atoms with Crippen molar-refractivity contribution in [2.75, 3.05) is 0 Å². The number of benzene rings is 1. The topological polar surface area (TPSA) is 79.3 Å². The molecule has 1 aliphatic heterocycles. The normalized spacial score (nSPS) is 18.2. The standard InChI is InChI=1S/C13H14N2O2/c1-2-3-9-10-5-4-8(16)6-12(10)17-13(15)11(9)7-14/h4-6,9,16H,2-3,15H2,1H3. The van der Waals surface area contributed by atoms with Gasteiger partial charge in [-0.05, 0) is 12.5 Å². The second-order valence-electron chi connectivity index (χ2n) is 4.06. The first-order valence-electron chi connectivity index (χ1n) is 5.57. The summed E-state index contributed by atoms with van der Waals surface area (Å²) in [5.74, 6) is 0.783. The van der Waals surface area contributed by atoms with Crippen LogP contribution in [0.3, 0.4) is 0 Å². The Bertz CT molecular complexity index is 515. The molecule has 4 nitrogen and oxygen atoms in total. The predicted molar refractivity (Wildman–Crippen MR) is 63.2 cm³/mol. The van der Waals surface area contributed by atoms with E-state index in [0.717, 1.165) is 18.4 Å². The number of hydrogen-bond acceptors (Lipinski definition) is 4. The van der Waals surface area contributed by atoms with Crippen molar-refractivity contribution in [1.82, 2.24) is 0 Å². The van der Waals surface area contributed by atoms with Gasteiger partial charge in [-0.15, -0.1) is 0 Å². The summed E-state index contributed by atoms with van der Waals surface area (Å²) >= 11 is 0. The fourth-order valence-corrected chi connectivity index (χ4v) is 2.12. The molecule has 0 bridgehead atoms. The zero-order chi connectivity index (χ0) is 12.4. The van der Waals surface area contributed by atoms with E-state index in [1.54, 1.807) is 12.1 Å². The lowest BCUT2D eigenvalue weighted by atomic mass is 9.86. The number of aromatic hydroxyl groups is 1. The average molecular weight is 230 g/mol. The third kappa shape index (κ3) is 1.92. The third-order valence-electron chi connectivity index (χ3n) is 2.90. The largest absolute Gasteiger partial charge is 0.508 e. The first kappa shape index (κ1) is 11.3. The fraction of sp³-hybridized carbons (Fsp3) is 0.308. The number of nitriles is 1. The highest BCUT2D eigenvalue weighted by Gasteiger charge is 2.28. The molecule has 1 heterocycles. The van der Waals surface area contributed by atoms with Crippen LogP contribution in [0, 0.1) is 11.3 Å². The average Bonchev–Trinajstić information content (AvgIpc) is 2.29. The minimum Gasteiger partial charge on any atom is -0.508 e. The first-order chi connectivity index (χ1) is 8.17. The van der Waals surface area contributed by atoms with Gasteiger partial charge in [0.2, 0.25) is 5.88 Å². The van der Waals surface area contributed by atoms with Gasteiger partial charge in [0.15, 0.2) is 0 Å². The van der Waals surface area contributed by atoms with Crippen molar-refractivity contribution in [2.24, 2.45) is 5.73 Å². The Morgan fingerprint density at radius 3 is 2.94 bits per heavy atom. The van der Waals surface area contributed by atoms with Crippen molar-refractivity contribution >= 4 is 0 Å². The smallest absolute Gasteiger partial charge is 0.205 e. The van der Waals surface area contributed by atoms with E-state index in [1.165, 1.54) is 6.07 Å². The molecule has 2 rings (SSSR count). The van der Waals surface area contributed by atoms with E-state index >= 15 is 0 Å². The maximum absolute atomic E-state index is 9.41. The highest BCUT2D eigenvalue weighted by atomic mass is 16.5. The van der Waals surface area contributed by atoms with Crippen LogP contribution in [0.1, 0.15) is 31.2 Å². The quantitative estimate of drug-likeness (QED) is 0.817. The molecule has 0 aliphatic carbocycles. The highest BCUT2D eigenvalue weighted by molar-refractivity contribution is 5.51. The number of ether oxygens (including phenoxy) is 1. The predicted octanol–water partition coefficient (Wildman–Crippen LogP) is 2.36. The number of phenolic OH excluding ortho intramolecular Hbond substituents is 1. The molecule has 1 aromatic carbocycles. The van der Waals surface area contributed by atoms with Crippen molar-refractivity contribution in [3.8, 4) is 17.6 Å². The number of allylic oxidation sites excluding steroid dienone is 1. The second-order valence-corrected chi connectivity index (χ2v) is 4.06. The van der Waals surface area contributed by atoms with Crippen LogP contribution in [0.4, 0.5) is 0 Å². The van der Waals surface area contributed by atoms with Gasteiger partial charge >= 0.3 is 0 Å². The molecular formula is C13H14N2O2. The van der Waals surface area contributed by atoms with E-state index in [4.69, 9.17) is 15.7 Å². The lowest BCUT2D eigenvalue weighted by Gasteiger charge is -2.25. The van der Waals surface area contributed by atoms with Gasteiger partial charge in [-0.2, -0.15) is 5.26 Å². The van der Waals surface area contributed by atoms with Gasteiger partial charge in [0, 0.05) is 17.5 Å². The van der Waals surface area contributed by atoms with Crippen molar-refractivity contribution in [3.05, 3.63) is 35.2 Å². The van der Waals surface area contributed by atoms with Crippen LogP contribution in [-0.4, -0.2) is 5.11 Å². The molecule has 88 valence electrons. The van der Waals surface area contributed by atoms with E-state index in [1.807, 2.05) is 0 Å². The van der Waals surface area contributed by atoms with Crippen LogP contribution in [-0.2, 0) is 0 Å². The van der Waals surface area contributed by atoms with Gasteiger partial charge in [0.1, 0.15) is 17.6 Å². The number of fused-ring (bicyclic) bond motifs is 1. The maximum Gasteiger partial charge on any atom is 0.205 e. The summed E-state index contributed by atoms with van der Waals surface area (Å²) in [5, 5.41) is 18.5. The number of nitrogens with zero attached hydrogens (tertiary/aromatic N) is 1. The molecule has 1 aliphatic rings. The van der Waals surface area contributed by atoms with Crippen LogP contribution in [0.25, 0.3) is 0 Å². The van der Waals surface area contributed by atoms with Gasteiger partial charge in [0.25, 0.3) is 0 Å². The molecule has 0 fully saturated rings. The minimum absolute atomic E-state index is 0.0330. The molecule has 1 atom stereocenters. The zero-order valence-corrected chi connectivity index (χ0v) is 9.60. The number of rotatable bonds is 2. The number of nitrogens with two attached hydrogens (primary N) is 1. The lowest BCUT2D eigenvalue weighted by molar-refractivity contribution is 0.380. The molecule has 0 saturated heterocycles. The van der Waals surface area contributed by atoms with E-state index in [9.17, 15) is 5.11 Å². The van der Waals surface area contributed by atoms with Gasteiger partial charge in [-0.3, -0.25) is 0 Å². The molecule has 4 heteroatoms. The van der Waals surface area contributed by atoms with Gasteiger partial charge in [-0.25, -0.2) is 0 Å². The Morgan fingerprint density at radius 1 is 1.53 bits per heavy atom. The summed E-state index contributed by atoms with van der Waals surface area (Å²) in [6, 6.07) is 7.02. The lowest BCUT2D eigenvalue weighted by Crippen LogP contribution is -2.20. The molecule has 0 amide bonds. The Morgan fingerprint density at radius 2 is 2.29 bits per heavy atom. The summed E-state index contributed by atoms with van der Waals surface area (Å²) in [4.78, 5) is 0. The molecule has 0 spiro atoms. The van der Waals surface area contributed by atoms with Crippen LogP contribution in [0.15, 0.2) is 29.7 Å². The van der Waals surface area contributed by atoms with Crippen molar-refractivity contribution in [3.63, 3.8) is 0 Å². The summed E-state index contributed by atoms with van der Waals surface area (Å²) in [6.07, 6.45) is 1.79. The van der Waals surface area contributed by atoms with Crippen LogP contribution in [0.2, 0.25) is 0 Å². The van der Waals surface area contributed by atoms with E-state index < -0.39 is 0 Å². The molecule has 0 saturated carbocycles. The van der Waals surface area contributed by atoms with Crippen molar-refractivity contribution in [2.45, 2.75) is 25.7 Å². The van der Waals surface area contributed by atoms with Crippen molar-refractivity contribution in [1.29, 1.82) is 5.26 Å². The van der Waals surface area contributed by atoms with Gasteiger partial charge < -0.3 is 15.6 Å². The Hall–Kier alpha value is -2.15. The number of hydrogen-bond donors (Lipinski definition) is 2. The third-order valence-corrected chi connectivity index (χ3v) is 2.90. The van der Waals surface area contributed by atoms with E-state index in [0.29, 0.717) is 11.3 Å². The summed E-state index contributed by atoms with van der Waals surface area (Å²) < 4.78 is 5.37.